The second-order valence-electron chi connectivity index (χ2n) is 1.37. The summed E-state index contributed by atoms with van der Waals surface area (Å²) >= 11 is 0. The first kappa shape index (κ1) is 9.35. The maximum Gasteiger partial charge on any atom is -0.0149 e. The molecule has 0 aliphatic rings. The van der Waals surface area contributed by atoms with Crippen molar-refractivity contribution >= 4 is 11.0 Å². The van der Waals surface area contributed by atoms with Crippen LogP contribution in [0.25, 0.3) is 0 Å². The van der Waals surface area contributed by atoms with E-state index in [-0.39, 0.29) is 11.0 Å². The number of rotatable bonds is 0. The first-order valence-electron chi connectivity index (χ1n) is 1.87. The van der Waals surface area contributed by atoms with Crippen molar-refractivity contribution in [3.63, 3.8) is 0 Å². The summed E-state index contributed by atoms with van der Waals surface area (Å²) in [4.78, 5) is 0. The van der Waals surface area contributed by atoms with Gasteiger partial charge in [0.15, 0.2) is 0 Å². The van der Waals surface area contributed by atoms with Crippen LogP contribution in [0.4, 0.5) is 0 Å². The number of hydrogen-bond donors (Lipinski definition) is 0. The maximum atomic E-state index is 2.08. The quantitative estimate of drug-likeness (QED) is 0.309. The van der Waals surface area contributed by atoms with Crippen LogP contribution in [-0.2, 0) is 0 Å². The van der Waals surface area contributed by atoms with Crippen molar-refractivity contribution in [2.45, 2.75) is 20.8 Å². The SMILES string of the molecule is CC=C(C)C.[SiH4]. The molecule has 0 rings (SSSR count). The van der Waals surface area contributed by atoms with E-state index in [9.17, 15) is 0 Å². The van der Waals surface area contributed by atoms with Crippen LogP contribution in [0.1, 0.15) is 20.8 Å². The highest BCUT2D eigenvalue weighted by molar-refractivity contribution is 5.75. The third kappa shape index (κ3) is 9.03. The summed E-state index contributed by atoms with van der Waals surface area (Å²) in [5.74, 6) is 0. The number of hydrogen-bond acceptors (Lipinski definition) is 0. The van der Waals surface area contributed by atoms with Crippen molar-refractivity contribution in [3.8, 4) is 0 Å². The molecule has 0 fully saturated rings. The molecule has 0 aromatic rings. The van der Waals surface area contributed by atoms with Crippen LogP contribution in [0.5, 0.6) is 0 Å². The van der Waals surface area contributed by atoms with Gasteiger partial charge in [-0.2, -0.15) is 0 Å². The van der Waals surface area contributed by atoms with Gasteiger partial charge in [0.2, 0.25) is 0 Å². The van der Waals surface area contributed by atoms with Gasteiger partial charge in [0.05, 0.1) is 0 Å². The molecule has 0 bridgehead atoms. The largest absolute Gasteiger partial charge is 0.0890 e. The summed E-state index contributed by atoms with van der Waals surface area (Å²) in [7, 11) is 0. The minimum atomic E-state index is 0. The van der Waals surface area contributed by atoms with Gasteiger partial charge in [-0.05, 0) is 31.7 Å². The molecular formula is C5H14Si. The van der Waals surface area contributed by atoms with E-state index in [1.165, 1.54) is 5.57 Å². The Bertz CT molecular complexity index is 41.9. The van der Waals surface area contributed by atoms with E-state index in [2.05, 4.69) is 19.9 Å². The van der Waals surface area contributed by atoms with E-state index >= 15 is 0 Å². The molecule has 6 heavy (non-hydrogen) atoms. The van der Waals surface area contributed by atoms with Crippen LogP contribution in [0, 0.1) is 0 Å². The molecule has 0 unspecified atom stereocenters. The minimum absolute atomic E-state index is 0. The summed E-state index contributed by atoms with van der Waals surface area (Å²) in [5, 5.41) is 0. The van der Waals surface area contributed by atoms with Crippen LogP contribution in [-0.4, -0.2) is 11.0 Å². The van der Waals surface area contributed by atoms with E-state index in [4.69, 9.17) is 0 Å². The van der Waals surface area contributed by atoms with Crippen LogP contribution in [0.15, 0.2) is 11.6 Å². The standard InChI is InChI=1S/C5H10.H4Si/c1-4-5(2)3;/h4H,1-3H3;1H4. The molecule has 0 N–H and O–H groups in total. The first-order valence-corrected chi connectivity index (χ1v) is 1.87. The molecule has 0 saturated carbocycles. The van der Waals surface area contributed by atoms with Gasteiger partial charge in [-0.3, -0.25) is 0 Å². The molecule has 0 radical (unpaired) electrons. The highest BCUT2D eigenvalue weighted by Gasteiger charge is 1.60. The van der Waals surface area contributed by atoms with Crippen LogP contribution < -0.4 is 0 Å². The Morgan fingerprint density at radius 3 is 1.50 bits per heavy atom. The Hall–Kier alpha value is -0.0431. The Morgan fingerprint density at radius 1 is 1.33 bits per heavy atom. The fraction of sp³-hybridized carbons (Fsp3) is 0.600. The molecule has 38 valence electrons. The van der Waals surface area contributed by atoms with E-state index < -0.39 is 0 Å². The van der Waals surface area contributed by atoms with E-state index in [1.807, 2.05) is 6.92 Å². The van der Waals surface area contributed by atoms with Gasteiger partial charge in [0, 0.05) is 0 Å². The molecule has 1 heteroatoms. The van der Waals surface area contributed by atoms with Crippen molar-refractivity contribution in [2.75, 3.05) is 0 Å². The molecule has 0 amide bonds. The summed E-state index contributed by atoms with van der Waals surface area (Å²) in [6, 6.07) is 0. The Labute approximate surface area is 44.3 Å². The van der Waals surface area contributed by atoms with Crippen molar-refractivity contribution in [1.82, 2.24) is 0 Å². The Kier molecular flexibility index (Phi) is 7.72. The summed E-state index contributed by atoms with van der Waals surface area (Å²) < 4.78 is 0. The van der Waals surface area contributed by atoms with Crippen LogP contribution >= 0.6 is 0 Å². The van der Waals surface area contributed by atoms with Gasteiger partial charge in [-0.15, -0.1) is 0 Å². The predicted molar refractivity (Wildman–Crippen MR) is 36.4 cm³/mol. The average Bonchev–Trinajstić information content (AvgIpc) is 1.38. The highest BCUT2D eigenvalue weighted by atomic mass is 28.1. The van der Waals surface area contributed by atoms with Gasteiger partial charge in [0.1, 0.15) is 0 Å². The van der Waals surface area contributed by atoms with Gasteiger partial charge >= 0.3 is 0 Å². The van der Waals surface area contributed by atoms with Gasteiger partial charge < -0.3 is 0 Å². The van der Waals surface area contributed by atoms with Crippen molar-refractivity contribution in [1.29, 1.82) is 0 Å². The monoisotopic (exact) mass is 102 g/mol. The summed E-state index contributed by atoms with van der Waals surface area (Å²) in [6.07, 6.45) is 2.08. The van der Waals surface area contributed by atoms with Crippen LogP contribution in [0.3, 0.4) is 0 Å². The van der Waals surface area contributed by atoms with Crippen LogP contribution in [0.2, 0.25) is 0 Å². The smallest absolute Gasteiger partial charge is 0.0149 e. The lowest BCUT2D eigenvalue weighted by Crippen LogP contribution is -1.52. The molecule has 0 heterocycles. The zero-order valence-electron chi connectivity index (χ0n) is 4.08. The lowest BCUT2D eigenvalue weighted by molar-refractivity contribution is 1.36. The molecule has 0 nitrogen and oxygen atoms in total. The summed E-state index contributed by atoms with van der Waals surface area (Å²) in [5.41, 5.74) is 1.38. The average molecular weight is 102 g/mol. The molecule has 0 aromatic carbocycles. The Balaban J connectivity index is 0. The first-order chi connectivity index (χ1) is 2.27. The molecular weight excluding hydrogens is 88.1 g/mol. The van der Waals surface area contributed by atoms with Gasteiger partial charge in [-0.25, -0.2) is 0 Å². The molecule has 0 spiro atoms. The second kappa shape index (κ2) is 4.96. The van der Waals surface area contributed by atoms with Crippen molar-refractivity contribution < 1.29 is 0 Å². The minimum Gasteiger partial charge on any atom is -0.0890 e. The molecule has 0 saturated heterocycles. The summed E-state index contributed by atoms with van der Waals surface area (Å²) in [6.45, 7) is 6.20. The third-order valence-corrected chi connectivity index (χ3v) is 0.577. The lowest BCUT2D eigenvalue weighted by atomic mass is 10.3. The molecule has 0 aliphatic carbocycles. The van der Waals surface area contributed by atoms with Crippen molar-refractivity contribution in [2.24, 2.45) is 0 Å². The lowest BCUT2D eigenvalue weighted by Gasteiger charge is -1.74. The van der Waals surface area contributed by atoms with Gasteiger partial charge in [0.25, 0.3) is 0 Å². The molecule has 0 aliphatic heterocycles. The number of allylic oxidation sites excluding steroid dienone is 2. The third-order valence-electron chi connectivity index (χ3n) is 0.577. The zero-order chi connectivity index (χ0) is 4.28. The van der Waals surface area contributed by atoms with E-state index in [0.717, 1.165) is 0 Å². The fourth-order valence-electron chi connectivity index (χ4n) is 0. The van der Waals surface area contributed by atoms with E-state index in [1.54, 1.807) is 0 Å². The van der Waals surface area contributed by atoms with E-state index in [0.29, 0.717) is 0 Å². The normalized spacial score (nSPS) is 5.83. The molecule has 0 atom stereocenters. The predicted octanol–water partition coefficient (Wildman–Crippen LogP) is 0.521. The molecule has 0 aromatic heterocycles. The fourth-order valence-corrected chi connectivity index (χ4v) is 0. The Morgan fingerprint density at radius 2 is 1.50 bits per heavy atom. The second-order valence-corrected chi connectivity index (χ2v) is 1.37. The topological polar surface area (TPSA) is 0 Å². The van der Waals surface area contributed by atoms with Gasteiger partial charge in [-0.1, -0.05) is 11.6 Å². The zero-order valence-corrected chi connectivity index (χ0v) is 4.08. The highest BCUT2D eigenvalue weighted by Crippen LogP contribution is 1.82. The van der Waals surface area contributed by atoms with Crippen molar-refractivity contribution in [3.05, 3.63) is 11.6 Å². The maximum absolute atomic E-state index is 2.08.